The number of anilines is 2. The van der Waals surface area contributed by atoms with E-state index in [0.29, 0.717) is 22.1 Å². The van der Waals surface area contributed by atoms with Gasteiger partial charge in [-0.3, -0.25) is 9.59 Å². The number of aromatic nitrogens is 1. The largest absolute Gasteiger partial charge is 0.497 e. The SMILES string of the molecule is COc1ccc(C(=O)Nc2ccc(SC(C(=O)Nc3nc(-c4ccc(C)cc4)cs3)c3ccccc3)cc2)cc1. The highest BCUT2D eigenvalue weighted by atomic mass is 32.2. The van der Waals surface area contributed by atoms with E-state index in [-0.39, 0.29) is 11.8 Å². The summed E-state index contributed by atoms with van der Waals surface area (Å²) in [4.78, 5) is 31.6. The van der Waals surface area contributed by atoms with Gasteiger partial charge in [-0.2, -0.15) is 0 Å². The van der Waals surface area contributed by atoms with E-state index in [1.54, 1.807) is 31.4 Å². The zero-order valence-electron chi connectivity index (χ0n) is 22.0. The van der Waals surface area contributed by atoms with Crippen molar-refractivity contribution in [3.8, 4) is 17.0 Å². The molecule has 4 aromatic carbocycles. The average Bonchev–Trinajstić information content (AvgIpc) is 3.46. The summed E-state index contributed by atoms with van der Waals surface area (Å²) in [5.41, 5.74) is 5.11. The fourth-order valence-corrected chi connectivity index (χ4v) is 5.71. The highest BCUT2D eigenvalue weighted by Crippen LogP contribution is 2.37. The molecule has 0 spiro atoms. The van der Waals surface area contributed by atoms with Crippen LogP contribution in [0.5, 0.6) is 5.75 Å². The van der Waals surface area contributed by atoms with Gasteiger partial charge in [0.25, 0.3) is 5.91 Å². The lowest BCUT2D eigenvalue weighted by Crippen LogP contribution is -2.19. The van der Waals surface area contributed by atoms with Crippen molar-refractivity contribution in [3.05, 3.63) is 125 Å². The number of nitrogens with zero attached hydrogens (tertiary/aromatic N) is 1. The third-order valence-electron chi connectivity index (χ3n) is 6.14. The molecule has 0 aliphatic heterocycles. The lowest BCUT2D eigenvalue weighted by molar-refractivity contribution is -0.115. The fourth-order valence-electron chi connectivity index (χ4n) is 3.96. The maximum Gasteiger partial charge on any atom is 0.255 e. The van der Waals surface area contributed by atoms with E-state index >= 15 is 0 Å². The van der Waals surface area contributed by atoms with Gasteiger partial charge in [0.15, 0.2) is 5.13 Å². The molecular weight excluding hydrogens is 539 g/mol. The van der Waals surface area contributed by atoms with E-state index < -0.39 is 5.25 Å². The first-order chi connectivity index (χ1) is 19.5. The molecule has 0 aliphatic rings. The van der Waals surface area contributed by atoms with Crippen LogP contribution in [-0.4, -0.2) is 23.9 Å². The molecule has 0 aliphatic carbocycles. The summed E-state index contributed by atoms with van der Waals surface area (Å²) in [6, 6.07) is 32.2. The number of thiazole rings is 1. The number of rotatable bonds is 9. The molecule has 1 unspecified atom stereocenters. The number of benzene rings is 4. The topological polar surface area (TPSA) is 80.3 Å². The van der Waals surface area contributed by atoms with Crippen molar-refractivity contribution >= 4 is 45.7 Å². The lowest BCUT2D eigenvalue weighted by Gasteiger charge is -2.16. The molecule has 6 nitrogen and oxygen atoms in total. The molecule has 0 saturated heterocycles. The predicted molar refractivity (Wildman–Crippen MR) is 163 cm³/mol. The Bertz CT molecular complexity index is 1580. The van der Waals surface area contributed by atoms with Crippen LogP contribution in [0.3, 0.4) is 0 Å². The second-order valence-electron chi connectivity index (χ2n) is 9.01. The quantitative estimate of drug-likeness (QED) is 0.178. The van der Waals surface area contributed by atoms with Crippen LogP contribution in [0.15, 0.2) is 113 Å². The van der Waals surface area contributed by atoms with E-state index in [4.69, 9.17) is 4.74 Å². The van der Waals surface area contributed by atoms with E-state index in [0.717, 1.165) is 21.7 Å². The Balaban J connectivity index is 1.28. The summed E-state index contributed by atoms with van der Waals surface area (Å²) in [7, 11) is 1.59. The summed E-state index contributed by atoms with van der Waals surface area (Å²) in [5.74, 6) is 0.326. The second-order valence-corrected chi connectivity index (χ2v) is 11.0. The van der Waals surface area contributed by atoms with Crippen LogP contribution < -0.4 is 15.4 Å². The number of carbonyl (C=O) groups is 2. The van der Waals surface area contributed by atoms with Crippen LogP contribution in [0, 0.1) is 6.92 Å². The molecule has 0 radical (unpaired) electrons. The molecule has 0 saturated carbocycles. The van der Waals surface area contributed by atoms with Crippen molar-refractivity contribution in [2.24, 2.45) is 0 Å². The average molecular weight is 566 g/mol. The highest BCUT2D eigenvalue weighted by molar-refractivity contribution is 8.00. The van der Waals surface area contributed by atoms with Gasteiger partial charge in [0.05, 0.1) is 12.8 Å². The first kappa shape index (κ1) is 27.2. The van der Waals surface area contributed by atoms with Crippen LogP contribution in [0.25, 0.3) is 11.3 Å². The van der Waals surface area contributed by atoms with Crippen LogP contribution in [0.2, 0.25) is 0 Å². The zero-order valence-corrected chi connectivity index (χ0v) is 23.6. The molecule has 8 heteroatoms. The number of carbonyl (C=O) groups excluding carboxylic acids is 2. The monoisotopic (exact) mass is 565 g/mol. The zero-order chi connectivity index (χ0) is 27.9. The number of ether oxygens (including phenoxy) is 1. The van der Waals surface area contributed by atoms with Crippen LogP contribution >= 0.6 is 23.1 Å². The number of hydrogen-bond acceptors (Lipinski definition) is 6. The van der Waals surface area contributed by atoms with E-state index in [1.807, 2.05) is 91.2 Å². The molecule has 5 aromatic rings. The first-order valence-corrected chi connectivity index (χ1v) is 14.3. The van der Waals surface area contributed by atoms with E-state index in [1.165, 1.54) is 28.7 Å². The highest BCUT2D eigenvalue weighted by Gasteiger charge is 2.23. The predicted octanol–water partition coefficient (Wildman–Crippen LogP) is 7.85. The smallest absolute Gasteiger partial charge is 0.255 e. The Labute approximate surface area is 241 Å². The molecule has 1 atom stereocenters. The summed E-state index contributed by atoms with van der Waals surface area (Å²) in [5, 5.41) is 7.92. The number of methoxy groups -OCH3 is 1. The van der Waals surface area contributed by atoms with E-state index in [9.17, 15) is 9.59 Å². The Morgan fingerprint density at radius 3 is 2.23 bits per heavy atom. The maximum atomic E-state index is 13.5. The Kier molecular flexibility index (Phi) is 8.59. The van der Waals surface area contributed by atoms with Crippen molar-refractivity contribution in [2.45, 2.75) is 17.1 Å². The molecular formula is C32H27N3O3S2. The van der Waals surface area contributed by atoms with Gasteiger partial charge in [-0.1, -0.05) is 60.2 Å². The maximum absolute atomic E-state index is 13.5. The number of nitrogens with one attached hydrogen (secondary N) is 2. The minimum Gasteiger partial charge on any atom is -0.497 e. The molecule has 200 valence electrons. The van der Waals surface area contributed by atoms with Crippen molar-refractivity contribution in [2.75, 3.05) is 17.7 Å². The molecule has 40 heavy (non-hydrogen) atoms. The van der Waals surface area contributed by atoms with Gasteiger partial charge in [0.1, 0.15) is 11.0 Å². The Morgan fingerprint density at radius 1 is 0.850 bits per heavy atom. The second kappa shape index (κ2) is 12.6. The first-order valence-electron chi connectivity index (χ1n) is 12.6. The van der Waals surface area contributed by atoms with Crippen LogP contribution in [-0.2, 0) is 4.79 Å². The molecule has 2 N–H and O–H groups in total. The van der Waals surface area contributed by atoms with Gasteiger partial charge >= 0.3 is 0 Å². The molecule has 2 amide bonds. The molecule has 0 bridgehead atoms. The molecule has 0 fully saturated rings. The number of aryl methyl sites for hydroxylation is 1. The van der Waals surface area contributed by atoms with Crippen LogP contribution in [0.4, 0.5) is 10.8 Å². The summed E-state index contributed by atoms with van der Waals surface area (Å²) < 4.78 is 5.15. The standard InChI is InChI=1S/C32H27N3O3S2/c1-21-8-10-22(11-9-21)28-20-39-32(34-28)35-31(37)29(23-6-4-3-5-7-23)40-27-18-14-25(15-19-27)33-30(36)24-12-16-26(38-2)17-13-24/h3-20,29H,1-2H3,(H,33,36)(H,34,35,37). The number of thioether (sulfide) groups is 1. The summed E-state index contributed by atoms with van der Waals surface area (Å²) in [6.45, 7) is 2.05. The number of amides is 2. The molecule has 1 aromatic heterocycles. The summed E-state index contributed by atoms with van der Waals surface area (Å²) in [6.07, 6.45) is 0. The van der Waals surface area contributed by atoms with Crippen molar-refractivity contribution < 1.29 is 14.3 Å². The third-order valence-corrected chi connectivity index (χ3v) is 8.16. The van der Waals surface area contributed by atoms with Crippen molar-refractivity contribution in [1.29, 1.82) is 0 Å². The lowest BCUT2D eigenvalue weighted by atomic mass is 10.1. The van der Waals surface area contributed by atoms with E-state index in [2.05, 4.69) is 15.6 Å². The fraction of sp³-hybridized carbons (Fsp3) is 0.0938. The Morgan fingerprint density at radius 2 is 1.55 bits per heavy atom. The van der Waals surface area contributed by atoms with Crippen molar-refractivity contribution in [3.63, 3.8) is 0 Å². The van der Waals surface area contributed by atoms with Gasteiger partial charge in [0, 0.05) is 27.1 Å². The summed E-state index contributed by atoms with van der Waals surface area (Å²) >= 11 is 2.84. The van der Waals surface area contributed by atoms with Crippen molar-refractivity contribution in [1.82, 2.24) is 4.98 Å². The van der Waals surface area contributed by atoms with Crippen LogP contribution in [0.1, 0.15) is 26.7 Å². The minimum absolute atomic E-state index is 0.155. The van der Waals surface area contributed by atoms with Gasteiger partial charge < -0.3 is 15.4 Å². The minimum atomic E-state index is -0.493. The third kappa shape index (κ3) is 6.77. The molecule has 5 rings (SSSR count). The van der Waals surface area contributed by atoms with Gasteiger partial charge in [-0.25, -0.2) is 4.98 Å². The van der Waals surface area contributed by atoms with Gasteiger partial charge in [0.2, 0.25) is 5.91 Å². The number of hydrogen-bond donors (Lipinski definition) is 2. The normalized spacial score (nSPS) is 11.4. The Hall–Kier alpha value is -4.40. The van der Waals surface area contributed by atoms with Gasteiger partial charge in [-0.05, 0) is 61.0 Å². The molecule has 1 heterocycles. The van der Waals surface area contributed by atoms with Gasteiger partial charge in [-0.15, -0.1) is 23.1 Å².